The molecule has 0 atom stereocenters. The van der Waals surface area contributed by atoms with E-state index >= 15 is 0 Å². The van der Waals surface area contributed by atoms with Crippen LogP contribution in [0.1, 0.15) is 25.1 Å². The van der Waals surface area contributed by atoms with E-state index in [1.165, 1.54) is 12.1 Å². The Morgan fingerprint density at radius 2 is 1.84 bits per heavy atom. The Hall–Kier alpha value is -3.41. The van der Waals surface area contributed by atoms with E-state index in [0.29, 0.717) is 24.9 Å². The Bertz CT molecular complexity index is 1280. The maximum atomic E-state index is 14.6. The molecular formula is C19H17F2N5O4S. The Morgan fingerprint density at radius 1 is 1.06 bits per heavy atom. The smallest absolute Gasteiger partial charge is 0.289 e. The van der Waals surface area contributed by atoms with Crippen molar-refractivity contribution < 1.29 is 22.1 Å². The molecule has 0 saturated carbocycles. The summed E-state index contributed by atoms with van der Waals surface area (Å²) >= 11 is 0. The molecule has 0 unspecified atom stereocenters. The van der Waals surface area contributed by atoms with Crippen molar-refractivity contribution in [1.82, 2.24) is 14.8 Å². The Labute approximate surface area is 175 Å². The fourth-order valence-electron chi connectivity index (χ4n) is 3.52. The zero-order valence-corrected chi connectivity index (χ0v) is 16.9. The monoisotopic (exact) mass is 449 g/mol. The number of fused-ring (bicyclic) bond motifs is 1. The highest BCUT2D eigenvalue weighted by Gasteiger charge is 2.27. The first-order valence-electron chi connectivity index (χ1n) is 9.45. The zero-order chi connectivity index (χ0) is 22.2. The number of anilines is 1. The molecule has 12 heteroatoms. The summed E-state index contributed by atoms with van der Waals surface area (Å²) in [5, 5.41) is 19.3. The van der Waals surface area contributed by atoms with Crippen LogP contribution in [0.5, 0.6) is 0 Å². The van der Waals surface area contributed by atoms with Gasteiger partial charge >= 0.3 is 0 Å². The summed E-state index contributed by atoms with van der Waals surface area (Å²) in [4.78, 5) is 9.69. The summed E-state index contributed by atoms with van der Waals surface area (Å²) in [5.74, 6) is -1.25. The quantitative estimate of drug-likeness (QED) is 0.469. The molecule has 2 heterocycles. The van der Waals surface area contributed by atoms with Gasteiger partial charge in [0.15, 0.2) is 10.7 Å². The summed E-state index contributed by atoms with van der Waals surface area (Å²) in [7, 11) is -4.53. The van der Waals surface area contributed by atoms with Gasteiger partial charge in [0, 0.05) is 25.1 Å². The summed E-state index contributed by atoms with van der Waals surface area (Å²) in [6, 6.07) is 6.20. The number of sulfonamides is 1. The third-order valence-electron chi connectivity index (χ3n) is 5.00. The zero-order valence-electron chi connectivity index (χ0n) is 16.1. The average molecular weight is 449 g/mol. The number of benzene rings is 2. The van der Waals surface area contributed by atoms with E-state index in [4.69, 9.17) is 0 Å². The second-order valence-corrected chi connectivity index (χ2v) is 8.70. The lowest BCUT2D eigenvalue weighted by atomic mass is 10.1. The normalized spacial score (nSPS) is 14.0. The highest BCUT2D eigenvalue weighted by molar-refractivity contribution is 7.92. The minimum absolute atomic E-state index is 0.123. The number of halogens is 2. The summed E-state index contributed by atoms with van der Waals surface area (Å²) in [5.41, 5.74) is -1.34. The second kappa shape index (κ2) is 8.02. The first-order chi connectivity index (χ1) is 14.8. The molecule has 9 nitrogen and oxygen atoms in total. The van der Waals surface area contributed by atoms with Gasteiger partial charge in [0.2, 0.25) is 0 Å². The molecule has 1 aliphatic heterocycles. The third-order valence-corrected chi connectivity index (χ3v) is 6.42. The van der Waals surface area contributed by atoms with Crippen LogP contribution in [0, 0.1) is 21.7 Å². The van der Waals surface area contributed by atoms with E-state index in [9.17, 15) is 27.3 Å². The highest BCUT2D eigenvalue weighted by atomic mass is 32.2. The highest BCUT2D eigenvalue weighted by Crippen LogP contribution is 2.31. The van der Waals surface area contributed by atoms with E-state index in [0.717, 1.165) is 37.5 Å². The van der Waals surface area contributed by atoms with E-state index in [-0.39, 0.29) is 11.4 Å². The van der Waals surface area contributed by atoms with Gasteiger partial charge in [-0.25, -0.2) is 17.2 Å². The number of hydrogen-bond donors (Lipinski definition) is 1. The second-order valence-electron chi connectivity index (χ2n) is 7.04. The summed E-state index contributed by atoms with van der Waals surface area (Å²) in [6.45, 7) is 0.561. The van der Waals surface area contributed by atoms with Crippen molar-refractivity contribution in [2.75, 3.05) is 4.72 Å². The number of hydrogen-bond acceptors (Lipinski definition) is 6. The van der Waals surface area contributed by atoms with Gasteiger partial charge in [0.1, 0.15) is 17.5 Å². The molecule has 0 saturated heterocycles. The van der Waals surface area contributed by atoms with Crippen molar-refractivity contribution in [2.45, 2.75) is 37.1 Å². The van der Waals surface area contributed by atoms with Crippen LogP contribution in [0.4, 0.5) is 20.2 Å². The average Bonchev–Trinajstić information content (AvgIpc) is 2.97. The van der Waals surface area contributed by atoms with Crippen LogP contribution in [0.15, 0.2) is 41.3 Å². The number of rotatable bonds is 5. The van der Waals surface area contributed by atoms with E-state index in [1.807, 2.05) is 4.72 Å². The molecule has 162 valence electrons. The van der Waals surface area contributed by atoms with Gasteiger partial charge < -0.3 is 4.57 Å². The topological polar surface area (TPSA) is 120 Å². The van der Waals surface area contributed by atoms with Gasteiger partial charge in [-0.2, -0.15) is 0 Å². The Balaban J connectivity index is 1.77. The number of aryl methyl sites for hydroxylation is 1. The van der Waals surface area contributed by atoms with Crippen molar-refractivity contribution in [3.05, 3.63) is 64.0 Å². The molecular weight excluding hydrogens is 432 g/mol. The predicted octanol–water partition coefficient (Wildman–Crippen LogP) is 3.66. The fraction of sp³-hybridized carbons (Fsp3) is 0.263. The summed E-state index contributed by atoms with van der Waals surface area (Å²) < 4.78 is 58.2. The number of aromatic nitrogens is 3. The molecule has 1 N–H and O–H groups in total. The van der Waals surface area contributed by atoms with Gasteiger partial charge in [-0.05, 0) is 25.0 Å². The molecule has 0 fully saturated rings. The van der Waals surface area contributed by atoms with Gasteiger partial charge in [0.05, 0.1) is 16.2 Å². The number of nitrogens with one attached hydrogen (secondary N) is 1. The van der Waals surface area contributed by atoms with E-state index in [2.05, 4.69) is 10.2 Å². The molecule has 3 aromatic rings. The Kier molecular flexibility index (Phi) is 5.39. The lowest BCUT2D eigenvalue weighted by Crippen LogP contribution is -2.16. The lowest BCUT2D eigenvalue weighted by molar-refractivity contribution is -0.387. The first kappa shape index (κ1) is 20.8. The van der Waals surface area contributed by atoms with Gasteiger partial charge in [0.25, 0.3) is 15.7 Å². The molecule has 0 radical (unpaired) electrons. The molecule has 1 aromatic heterocycles. The van der Waals surface area contributed by atoms with Crippen LogP contribution in [0.3, 0.4) is 0 Å². The minimum Gasteiger partial charge on any atom is -0.311 e. The predicted molar refractivity (Wildman–Crippen MR) is 107 cm³/mol. The van der Waals surface area contributed by atoms with Crippen LogP contribution in [0.2, 0.25) is 0 Å². The number of para-hydroxylation sites is 1. The van der Waals surface area contributed by atoms with Crippen LogP contribution in [0.25, 0.3) is 11.4 Å². The largest absolute Gasteiger partial charge is 0.311 e. The standard InChI is InChI=1S/C19H17F2N5O4S/c20-13-11-14(21)15(24-31(29,30)17-7-4-3-6-16(17)26(27)28)10-12(13)19-23-22-18-8-2-1-5-9-25(18)19/h3-4,6-7,10-11,24H,1-2,5,8-9H2. The van der Waals surface area contributed by atoms with Gasteiger partial charge in [-0.15, -0.1) is 10.2 Å². The van der Waals surface area contributed by atoms with Crippen molar-refractivity contribution in [3.8, 4) is 11.4 Å². The van der Waals surface area contributed by atoms with Crippen molar-refractivity contribution in [3.63, 3.8) is 0 Å². The van der Waals surface area contributed by atoms with Crippen LogP contribution in [-0.2, 0) is 23.0 Å². The van der Waals surface area contributed by atoms with Crippen molar-refractivity contribution >= 4 is 21.4 Å². The van der Waals surface area contributed by atoms with Gasteiger partial charge in [-0.1, -0.05) is 18.6 Å². The van der Waals surface area contributed by atoms with Crippen LogP contribution < -0.4 is 4.72 Å². The molecule has 2 aromatic carbocycles. The molecule has 1 aliphatic rings. The maximum Gasteiger partial charge on any atom is 0.289 e. The lowest BCUT2D eigenvalue weighted by Gasteiger charge is -2.12. The molecule has 0 aliphatic carbocycles. The molecule has 4 rings (SSSR count). The van der Waals surface area contributed by atoms with Crippen LogP contribution in [-0.4, -0.2) is 28.1 Å². The van der Waals surface area contributed by atoms with Crippen molar-refractivity contribution in [2.24, 2.45) is 0 Å². The van der Waals surface area contributed by atoms with E-state index in [1.54, 1.807) is 4.57 Å². The summed E-state index contributed by atoms with van der Waals surface area (Å²) in [6.07, 6.45) is 3.42. The SMILES string of the molecule is O=[N+]([O-])c1ccccc1S(=O)(=O)Nc1cc(-c2nnc3n2CCCCC3)c(F)cc1F. The number of nitrogens with zero attached hydrogens (tertiary/aromatic N) is 4. The van der Waals surface area contributed by atoms with Gasteiger partial charge in [-0.3, -0.25) is 14.8 Å². The van der Waals surface area contributed by atoms with E-state index < -0.39 is 42.9 Å². The number of nitro benzene ring substituents is 1. The first-order valence-corrected chi connectivity index (χ1v) is 10.9. The minimum atomic E-state index is -4.53. The fourth-order valence-corrected chi connectivity index (χ4v) is 4.75. The van der Waals surface area contributed by atoms with Crippen LogP contribution >= 0.6 is 0 Å². The molecule has 0 bridgehead atoms. The maximum absolute atomic E-state index is 14.6. The Morgan fingerprint density at radius 3 is 2.61 bits per heavy atom. The molecule has 0 amide bonds. The molecule has 0 spiro atoms. The number of nitro groups is 1. The molecule has 31 heavy (non-hydrogen) atoms. The van der Waals surface area contributed by atoms with Crippen molar-refractivity contribution in [1.29, 1.82) is 0 Å². The third kappa shape index (κ3) is 3.98.